The van der Waals surface area contributed by atoms with Gasteiger partial charge in [0.15, 0.2) is 0 Å². The fraction of sp³-hybridized carbons (Fsp3) is 0.842. The van der Waals surface area contributed by atoms with Crippen LogP contribution in [0.5, 0.6) is 0 Å². The fourth-order valence-electron chi connectivity index (χ4n) is 4.42. The van der Waals surface area contributed by atoms with Crippen LogP contribution in [0.1, 0.15) is 64.6 Å². The lowest BCUT2D eigenvalue weighted by atomic mass is 9.79. The van der Waals surface area contributed by atoms with E-state index in [1.54, 1.807) is 0 Å². The average Bonchev–Trinajstić information content (AvgIpc) is 3.19. The number of rotatable bonds is 6. The smallest absolute Gasteiger partial charge is 0.0765 e. The lowest BCUT2D eigenvalue weighted by molar-refractivity contribution is -0.123. The molecule has 5 nitrogen and oxygen atoms in total. The van der Waals surface area contributed by atoms with E-state index in [4.69, 9.17) is 9.84 Å². The van der Waals surface area contributed by atoms with Gasteiger partial charge in [-0.2, -0.15) is 5.10 Å². The lowest BCUT2D eigenvalue weighted by Gasteiger charge is -2.43. The summed E-state index contributed by atoms with van der Waals surface area (Å²) in [5.74, 6) is 0.204. The number of hydrogen-bond donors (Lipinski definition) is 1. The molecule has 0 aliphatic carbocycles. The molecule has 2 aliphatic rings. The summed E-state index contributed by atoms with van der Waals surface area (Å²) in [5, 5.41) is 15.6. The number of aliphatic hydroxyl groups is 1. The Bertz CT molecular complexity index is 524. The van der Waals surface area contributed by atoms with E-state index in [9.17, 15) is 5.11 Å². The Labute approximate surface area is 146 Å². The predicted molar refractivity (Wildman–Crippen MR) is 94.8 cm³/mol. The minimum atomic E-state index is -0.611. The monoisotopic (exact) mass is 335 g/mol. The molecule has 3 unspecified atom stereocenters. The zero-order valence-electron chi connectivity index (χ0n) is 15.4. The van der Waals surface area contributed by atoms with Gasteiger partial charge in [0.25, 0.3) is 0 Å². The average molecular weight is 335 g/mol. The van der Waals surface area contributed by atoms with Gasteiger partial charge >= 0.3 is 0 Å². The summed E-state index contributed by atoms with van der Waals surface area (Å²) in [6, 6.07) is 3.06. The van der Waals surface area contributed by atoms with Crippen LogP contribution in [-0.4, -0.2) is 51.2 Å². The Morgan fingerprint density at radius 3 is 2.92 bits per heavy atom. The van der Waals surface area contributed by atoms with Gasteiger partial charge < -0.3 is 9.84 Å². The number of nitrogens with zero attached hydrogens (tertiary/aromatic N) is 3. The molecule has 2 fully saturated rings. The third-order valence-electron chi connectivity index (χ3n) is 6.07. The van der Waals surface area contributed by atoms with Crippen LogP contribution in [0.15, 0.2) is 12.3 Å². The van der Waals surface area contributed by atoms with Crippen molar-refractivity contribution in [3.63, 3.8) is 0 Å². The van der Waals surface area contributed by atoms with Crippen LogP contribution in [0.25, 0.3) is 0 Å². The standard InChI is InChI=1S/C19H33N3O2/c1-4-16(5-2)22-11-8-15(20-22)13-21-10-6-7-18(21)17-14-24-12-9-19(17,3)23/h8,11,16-18,23H,4-7,9-10,12-14H2,1-3H3. The molecule has 1 aromatic heterocycles. The van der Waals surface area contributed by atoms with Gasteiger partial charge in [-0.05, 0) is 51.6 Å². The van der Waals surface area contributed by atoms with Crippen LogP contribution >= 0.6 is 0 Å². The summed E-state index contributed by atoms with van der Waals surface area (Å²) in [4.78, 5) is 2.51. The normalized spacial score (nSPS) is 31.9. The molecular weight excluding hydrogens is 302 g/mol. The van der Waals surface area contributed by atoms with Gasteiger partial charge in [-0.1, -0.05) is 13.8 Å². The summed E-state index contributed by atoms with van der Waals surface area (Å²) in [5.41, 5.74) is 0.533. The molecule has 0 radical (unpaired) electrons. The van der Waals surface area contributed by atoms with Crippen molar-refractivity contribution in [3.05, 3.63) is 18.0 Å². The Morgan fingerprint density at radius 2 is 2.21 bits per heavy atom. The van der Waals surface area contributed by atoms with E-state index in [1.807, 2.05) is 6.92 Å². The number of ether oxygens (including phenoxy) is 1. The van der Waals surface area contributed by atoms with Gasteiger partial charge in [0, 0.05) is 31.3 Å². The molecule has 0 aromatic carbocycles. The quantitative estimate of drug-likeness (QED) is 0.868. The van der Waals surface area contributed by atoms with Crippen molar-refractivity contribution in [1.82, 2.24) is 14.7 Å². The van der Waals surface area contributed by atoms with E-state index >= 15 is 0 Å². The summed E-state index contributed by atoms with van der Waals surface area (Å²) < 4.78 is 7.81. The molecule has 0 amide bonds. The third kappa shape index (κ3) is 3.68. The van der Waals surface area contributed by atoms with Gasteiger partial charge in [-0.15, -0.1) is 0 Å². The zero-order valence-corrected chi connectivity index (χ0v) is 15.4. The molecule has 24 heavy (non-hydrogen) atoms. The van der Waals surface area contributed by atoms with Crippen molar-refractivity contribution < 1.29 is 9.84 Å². The Morgan fingerprint density at radius 1 is 1.42 bits per heavy atom. The van der Waals surface area contributed by atoms with E-state index in [0.29, 0.717) is 25.3 Å². The molecule has 1 N–H and O–H groups in total. The van der Waals surface area contributed by atoms with E-state index in [-0.39, 0.29) is 5.92 Å². The van der Waals surface area contributed by atoms with Gasteiger partial charge in [0.05, 0.1) is 23.9 Å². The fourth-order valence-corrected chi connectivity index (χ4v) is 4.42. The minimum Gasteiger partial charge on any atom is -0.390 e. The van der Waals surface area contributed by atoms with E-state index in [2.05, 4.69) is 35.7 Å². The van der Waals surface area contributed by atoms with E-state index in [1.165, 1.54) is 6.42 Å². The lowest BCUT2D eigenvalue weighted by Crippen LogP contribution is -2.52. The van der Waals surface area contributed by atoms with Crippen molar-refractivity contribution in [2.75, 3.05) is 19.8 Å². The molecular formula is C19H33N3O2. The predicted octanol–water partition coefficient (Wildman–Crippen LogP) is 3.00. The van der Waals surface area contributed by atoms with Crippen molar-refractivity contribution in [1.29, 1.82) is 0 Å². The van der Waals surface area contributed by atoms with Crippen LogP contribution in [0.4, 0.5) is 0 Å². The van der Waals surface area contributed by atoms with Crippen LogP contribution < -0.4 is 0 Å². The molecule has 3 rings (SSSR count). The van der Waals surface area contributed by atoms with Crippen LogP contribution in [0.2, 0.25) is 0 Å². The topological polar surface area (TPSA) is 50.5 Å². The SMILES string of the molecule is CCC(CC)n1ccc(CN2CCCC2C2COCCC2(C)O)n1. The Kier molecular flexibility index (Phi) is 5.63. The zero-order chi connectivity index (χ0) is 17.2. The van der Waals surface area contributed by atoms with Crippen LogP contribution in [0, 0.1) is 5.92 Å². The first-order valence-corrected chi connectivity index (χ1v) is 9.63. The molecule has 5 heteroatoms. The maximum absolute atomic E-state index is 10.8. The van der Waals surface area contributed by atoms with Crippen molar-refractivity contribution in [2.45, 2.75) is 77.1 Å². The third-order valence-corrected chi connectivity index (χ3v) is 6.07. The first-order valence-electron chi connectivity index (χ1n) is 9.63. The highest BCUT2D eigenvalue weighted by Gasteiger charge is 2.44. The van der Waals surface area contributed by atoms with Crippen molar-refractivity contribution in [2.24, 2.45) is 5.92 Å². The van der Waals surface area contributed by atoms with Gasteiger partial charge in [-0.3, -0.25) is 9.58 Å². The molecule has 0 saturated carbocycles. The number of likely N-dealkylation sites (tertiary alicyclic amines) is 1. The van der Waals surface area contributed by atoms with E-state index < -0.39 is 5.60 Å². The van der Waals surface area contributed by atoms with Crippen molar-refractivity contribution >= 4 is 0 Å². The first-order chi connectivity index (χ1) is 11.5. The maximum atomic E-state index is 10.8. The minimum absolute atomic E-state index is 0.204. The van der Waals surface area contributed by atoms with Crippen LogP contribution in [0.3, 0.4) is 0 Å². The largest absolute Gasteiger partial charge is 0.390 e. The van der Waals surface area contributed by atoms with Gasteiger partial charge in [-0.25, -0.2) is 0 Å². The highest BCUT2D eigenvalue weighted by molar-refractivity contribution is 5.03. The van der Waals surface area contributed by atoms with Gasteiger partial charge in [0.2, 0.25) is 0 Å². The highest BCUT2D eigenvalue weighted by Crippen LogP contribution is 2.36. The summed E-state index contributed by atoms with van der Waals surface area (Å²) >= 11 is 0. The molecule has 0 spiro atoms. The number of hydrogen-bond acceptors (Lipinski definition) is 4. The number of aromatic nitrogens is 2. The maximum Gasteiger partial charge on any atom is 0.0765 e. The van der Waals surface area contributed by atoms with Crippen molar-refractivity contribution in [3.8, 4) is 0 Å². The molecule has 1 aromatic rings. The molecule has 3 atom stereocenters. The summed E-state index contributed by atoms with van der Waals surface area (Å²) in [7, 11) is 0. The molecule has 3 heterocycles. The Hall–Kier alpha value is -0.910. The molecule has 0 bridgehead atoms. The highest BCUT2D eigenvalue weighted by atomic mass is 16.5. The molecule has 2 aliphatic heterocycles. The second-order valence-corrected chi connectivity index (χ2v) is 7.73. The molecule has 136 valence electrons. The van der Waals surface area contributed by atoms with E-state index in [0.717, 1.165) is 44.5 Å². The second-order valence-electron chi connectivity index (χ2n) is 7.73. The Balaban J connectivity index is 1.68. The second kappa shape index (κ2) is 7.54. The summed E-state index contributed by atoms with van der Waals surface area (Å²) in [6.07, 6.45) is 7.45. The van der Waals surface area contributed by atoms with Gasteiger partial charge in [0.1, 0.15) is 0 Å². The van der Waals surface area contributed by atoms with Crippen LogP contribution in [-0.2, 0) is 11.3 Å². The summed E-state index contributed by atoms with van der Waals surface area (Å²) in [6.45, 7) is 9.75. The molecule has 2 saturated heterocycles. The first kappa shape index (κ1) is 17.9.